The van der Waals surface area contributed by atoms with Gasteiger partial charge in [-0.2, -0.15) is 0 Å². The Morgan fingerprint density at radius 3 is 2.53 bits per heavy atom. The summed E-state index contributed by atoms with van der Waals surface area (Å²) in [4.78, 5) is 31.3. The number of nitrogen functional groups attached to an aromatic ring is 1. The van der Waals surface area contributed by atoms with Gasteiger partial charge in [0, 0.05) is 18.8 Å². The number of hydrogen-bond donors (Lipinski definition) is 1. The van der Waals surface area contributed by atoms with Gasteiger partial charge in [-0.25, -0.2) is 18.6 Å². The number of fused-ring (bicyclic) bond motifs is 1. The molecule has 0 aliphatic carbocycles. The second kappa shape index (κ2) is 9.65. The van der Waals surface area contributed by atoms with Gasteiger partial charge in [0.15, 0.2) is 0 Å². The summed E-state index contributed by atoms with van der Waals surface area (Å²) < 4.78 is 36.1. The minimum atomic E-state index is -1.50. The molecule has 0 bridgehead atoms. The third kappa shape index (κ3) is 4.21. The van der Waals surface area contributed by atoms with Crippen LogP contribution in [-0.2, 0) is 4.79 Å². The van der Waals surface area contributed by atoms with Gasteiger partial charge in [0.25, 0.3) is 0 Å². The Morgan fingerprint density at radius 1 is 1.08 bits per heavy atom. The molecule has 1 aliphatic rings. The number of anilines is 1. The van der Waals surface area contributed by atoms with Crippen molar-refractivity contribution in [1.29, 1.82) is 0 Å². The molecule has 36 heavy (non-hydrogen) atoms. The Balaban J connectivity index is 1.54. The molecule has 1 saturated heterocycles. The van der Waals surface area contributed by atoms with Gasteiger partial charge in [-0.05, 0) is 48.5 Å². The fraction of sp³-hybridized carbons (Fsp3) is 0.192. The average molecular weight is 491 g/mol. The summed E-state index contributed by atoms with van der Waals surface area (Å²) in [6.45, 7) is -1.04. The van der Waals surface area contributed by atoms with E-state index in [4.69, 9.17) is 10.5 Å². The van der Waals surface area contributed by atoms with Gasteiger partial charge < -0.3 is 15.4 Å². The molecule has 1 aliphatic heterocycles. The van der Waals surface area contributed by atoms with Crippen LogP contribution in [0.1, 0.15) is 6.04 Å². The molecule has 2 N–H and O–H groups in total. The zero-order valence-electron chi connectivity index (χ0n) is 19.1. The van der Waals surface area contributed by atoms with Crippen LogP contribution in [0.15, 0.2) is 83.8 Å². The number of ether oxygens (including phenoxy) is 1. The summed E-state index contributed by atoms with van der Waals surface area (Å²) in [5, 5.41) is 0. The Hall–Kier alpha value is -4.47. The maximum Gasteiger partial charge on any atom is 0.334 e. The van der Waals surface area contributed by atoms with Gasteiger partial charge in [-0.15, -0.1) is 0 Å². The van der Waals surface area contributed by atoms with Crippen molar-refractivity contribution in [1.82, 2.24) is 19.0 Å². The number of rotatable bonds is 6. The zero-order valence-corrected chi connectivity index (χ0v) is 19.1. The lowest BCUT2D eigenvalue weighted by Gasteiger charge is -2.15. The molecule has 3 heterocycles. The molecule has 10 heteroatoms. The summed E-state index contributed by atoms with van der Waals surface area (Å²) in [7, 11) is 0. The number of benzene rings is 2. The highest BCUT2D eigenvalue weighted by Crippen LogP contribution is 2.31. The highest BCUT2D eigenvalue weighted by Gasteiger charge is 2.38. The molecule has 1 fully saturated rings. The number of likely N-dealkylation sites (tertiary alicyclic amines) is 1. The van der Waals surface area contributed by atoms with E-state index in [1.165, 1.54) is 20.2 Å². The maximum atomic E-state index is 15.2. The van der Waals surface area contributed by atoms with E-state index in [9.17, 15) is 14.0 Å². The van der Waals surface area contributed by atoms with Crippen molar-refractivity contribution >= 4 is 22.8 Å². The molecule has 2 aromatic carbocycles. The molecule has 0 saturated carbocycles. The monoisotopic (exact) mass is 491 g/mol. The highest BCUT2D eigenvalue weighted by molar-refractivity contribution is 5.89. The third-order valence-electron chi connectivity index (χ3n) is 6.10. The lowest BCUT2D eigenvalue weighted by atomic mass is 10.2. The first kappa shape index (κ1) is 23.3. The Kier molecular flexibility index (Phi) is 6.24. The third-order valence-corrected chi connectivity index (χ3v) is 6.10. The Bertz CT molecular complexity index is 1480. The van der Waals surface area contributed by atoms with Crippen molar-refractivity contribution in [2.45, 2.75) is 12.2 Å². The quantitative estimate of drug-likeness (QED) is 0.414. The number of carbonyl (C=O) groups is 1. The molecule has 0 spiro atoms. The second-order valence-corrected chi connectivity index (χ2v) is 8.34. The number of nitrogens with zero attached hydrogens (tertiary/aromatic N) is 4. The number of allylic oxidation sites excluding steroid dienone is 1. The van der Waals surface area contributed by atoms with Crippen LogP contribution in [0.4, 0.5) is 14.6 Å². The van der Waals surface area contributed by atoms with Crippen LogP contribution in [0.3, 0.4) is 0 Å². The topological polar surface area (TPSA) is 95.4 Å². The standard InChI is InChI=1S/C26H23F2N5O3/c27-13-4-7-23(34)31-15-20(28)22(16-31)33-21-12-14-30-25(29)24(21)32(26(33)35)17-8-10-19(11-9-17)36-18-5-2-1-3-6-18/h1-12,14,20,22H,13,15-16H2,(H2,29,30)/b7-4+. The first-order chi connectivity index (χ1) is 17.5. The predicted octanol–water partition coefficient (Wildman–Crippen LogP) is 3.81. The SMILES string of the molecule is Nc1nccc2c1n(-c1ccc(Oc3ccccc3)cc1)c(=O)n2C1CN(C(=O)/C=C/CF)CC1F. The van der Waals surface area contributed by atoms with Crippen LogP contribution in [-0.4, -0.2) is 50.9 Å². The van der Waals surface area contributed by atoms with Crippen molar-refractivity contribution < 1.29 is 18.3 Å². The first-order valence-electron chi connectivity index (χ1n) is 11.3. The van der Waals surface area contributed by atoms with Crippen molar-refractivity contribution in [3.8, 4) is 17.2 Å². The lowest BCUT2D eigenvalue weighted by Crippen LogP contribution is -2.32. The maximum absolute atomic E-state index is 15.2. The van der Waals surface area contributed by atoms with Crippen molar-refractivity contribution in [2.24, 2.45) is 0 Å². The summed E-state index contributed by atoms with van der Waals surface area (Å²) in [6.07, 6.45) is 2.09. The molecule has 2 atom stereocenters. The van der Waals surface area contributed by atoms with Crippen molar-refractivity contribution in [2.75, 3.05) is 25.5 Å². The van der Waals surface area contributed by atoms with E-state index in [1.54, 1.807) is 30.3 Å². The van der Waals surface area contributed by atoms with E-state index in [-0.39, 0.29) is 18.9 Å². The number of alkyl halides is 2. The van der Waals surface area contributed by atoms with Crippen LogP contribution in [0.2, 0.25) is 0 Å². The van der Waals surface area contributed by atoms with Crippen molar-refractivity contribution in [3.63, 3.8) is 0 Å². The lowest BCUT2D eigenvalue weighted by molar-refractivity contribution is -0.125. The summed E-state index contributed by atoms with van der Waals surface area (Å²) >= 11 is 0. The smallest absolute Gasteiger partial charge is 0.334 e. The number of imidazole rings is 1. The number of aromatic nitrogens is 3. The number of carbonyl (C=O) groups excluding carboxylic acids is 1. The Labute approximate surface area is 204 Å². The molecule has 2 aromatic heterocycles. The number of halogens is 2. The van der Waals surface area contributed by atoms with Crippen molar-refractivity contribution in [3.05, 3.63) is 89.5 Å². The summed E-state index contributed by atoms with van der Waals surface area (Å²) in [5.41, 5.74) is 6.89. The number of nitrogens with two attached hydrogens (primary N) is 1. The molecule has 0 radical (unpaired) electrons. The highest BCUT2D eigenvalue weighted by atomic mass is 19.1. The van der Waals surface area contributed by atoms with Gasteiger partial charge in [0.2, 0.25) is 5.91 Å². The van der Waals surface area contributed by atoms with E-state index >= 15 is 4.39 Å². The first-order valence-corrected chi connectivity index (χ1v) is 11.3. The van der Waals surface area contributed by atoms with Crippen LogP contribution in [0.25, 0.3) is 16.7 Å². The van der Waals surface area contributed by atoms with E-state index in [1.807, 2.05) is 30.3 Å². The second-order valence-electron chi connectivity index (χ2n) is 8.34. The molecule has 184 valence electrons. The molecule has 4 aromatic rings. The van der Waals surface area contributed by atoms with Gasteiger partial charge >= 0.3 is 5.69 Å². The number of pyridine rings is 1. The van der Waals surface area contributed by atoms with Crippen LogP contribution in [0, 0.1) is 0 Å². The van der Waals surface area contributed by atoms with Crippen LogP contribution in [0.5, 0.6) is 11.5 Å². The molecule has 5 rings (SSSR count). The molecule has 1 amide bonds. The van der Waals surface area contributed by atoms with E-state index in [0.29, 0.717) is 28.2 Å². The number of para-hydroxylation sites is 1. The summed E-state index contributed by atoms with van der Waals surface area (Å²) in [5.74, 6) is 0.844. The van der Waals surface area contributed by atoms with Gasteiger partial charge in [-0.1, -0.05) is 18.2 Å². The number of hydrogen-bond acceptors (Lipinski definition) is 5. The Morgan fingerprint density at radius 2 is 1.81 bits per heavy atom. The largest absolute Gasteiger partial charge is 0.457 e. The van der Waals surface area contributed by atoms with E-state index in [0.717, 1.165) is 12.2 Å². The molecule has 2 unspecified atom stereocenters. The fourth-order valence-electron chi connectivity index (χ4n) is 4.46. The van der Waals surface area contributed by atoms with E-state index in [2.05, 4.69) is 4.98 Å². The van der Waals surface area contributed by atoms with Gasteiger partial charge in [0.1, 0.15) is 35.7 Å². The normalized spacial score (nSPS) is 17.8. The molecular weight excluding hydrogens is 468 g/mol. The predicted molar refractivity (Wildman–Crippen MR) is 132 cm³/mol. The van der Waals surface area contributed by atoms with Gasteiger partial charge in [-0.3, -0.25) is 13.9 Å². The zero-order chi connectivity index (χ0) is 25.2. The molecule has 8 nitrogen and oxygen atoms in total. The fourth-order valence-corrected chi connectivity index (χ4v) is 4.46. The molecular formula is C26H23F2N5O3. The minimum absolute atomic E-state index is 0.0400. The number of amides is 1. The van der Waals surface area contributed by atoms with Crippen LogP contribution < -0.4 is 16.2 Å². The average Bonchev–Trinajstić information content (AvgIpc) is 3.41. The minimum Gasteiger partial charge on any atom is -0.457 e. The summed E-state index contributed by atoms with van der Waals surface area (Å²) in [6, 6.07) is 16.8. The van der Waals surface area contributed by atoms with Gasteiger partial charge in [0.05, 0.1) is 23.8 Å². The van der Waals surface area contributed by atoms with E-state index < -0.39 is 30.5 Å². The van der Waals surface area contributed by atoms with Crippen LogP contribution >= 0.6 is 0 Å².